The first-order valence-corrected chi connectivity index (χ1v) is 10.1. The zero-order chi connectivity index (χ0) is 23.5. The summed E-state index contributed by atoms with van der Waals surface area (Å²) in [5.74, 6) is 1.52. The number of fused-ring (bicyclic) bond motifs is 1. The minimum Gasteiger partial charge on any atom is -0.497 e. The van der Waals surface area contributed by atoms with Crippen LogP contribution in [0.25, 0.3) is 22.1 Å². The summed E-state index contributed by atoms with van der Waals surface area (Å²) in [5, 5.41) is 0.652. The second-order valence-electron chi connectivity index (χ2n) is 7.24. The molecule has 0 aliphatic rings. The lowest BCUT2D eigenvalue weighted by Gasteiger charge is -2.12. The van der Waals surface area contributed by atoms with E-state index in [1.807, 2.05) is 6.92 Å². The smallest absolute Gasteiger partial charge is 0.344 e. The zero-order valence-electron chi connectivity index (χ0n) is 18.6. The van der Waals surface area contributed by atoms with Crippen LogP contribution in [0.2, 0.25) is 0 Å². The molecule has 0 bridgehead atoms. The first-order valence-electron chi connectivity index (χ1n) is 10.1. The number of rotatable bonds is 6. The fraction of sp³-hybridized carbons (Fsp3) is 0.154. The molecular formula is C26H22O7. The topological polar surface area (TPSA) is 84.2 Å². The maximum absolute atomic E-state index is 12.8. The van der Waals surface area contributed by atoms with E-state index in [0.717, 1.165) is 0 Å². The maximum atomic E-state index is 12.8. The number of ether oxygens (including phenoxy) is 4. The van der Waals surface area contributed by atoms with Crippen molar-refractivity contribution in [2.45, 2.75) is 6.92 Å². The van der Waals surface area contributed by atoms with Crippen LogP contribution in [-0.4, -0.2) is 27.3 Å². The fourth-order valence-electron chi connectivity index (χ4n) is 3.61. The van der Waals surface area contributed by atoms with Gasteiger partial charge in [-0.1, -0.05) is 6.07 Å². The van der Waals surface area contributed by atoms with Crippen molar-refractivity contribution >= 4 is 16.9 Å². The number of methoxy groups -OCH3 is 3. The molecule has 0 saturated carbocycles. The minimum absolute atomic E-state index is 0.332. The lowest BCUT2D eigenvalue weighted by molar-refractivity contribution is 0.0735. The molecule has 0 unspecified atom stereocenters. The summed E-state index contributed by atoms with van der Waals surface area (Å²) in [4.78, 5) is 25.3. The van der Waals surface area contributed by atoms with Crippen molar-refractivity contribution in [2.24, 2.45) is 0 Å². The molecular weight excluding hydrogens is 424 g/mol. The van der Waals surface area contributed by atoms with Crippen LogP contribution in [-0.2, 0) is 0 Å². The van der Waals surface area contributed by atoms with E-state index in [9.17, 15) is 9.59 Å². The highest BCUT2D eigenvalue weighted by atomic mass is 16.5. The van der Waals surface area contributed by atoms with Crippen molar-refractivity contribution in [3.05, 3.63) is 82.2 Å². The van der Waals surface area contributed by atoms with Crippen LogP contribution in [0.5, 0.6) is 23.0 Å². The van der Waals surface area contributed by atoms with Gasteiger partial charge in [-0.25, -0.2) is 9.59 Å². The molecule has 3 aromatic carbocycles. The van der Waals surface area contributed by atoms with Gasteiger partial charge in [0.1, 0.15) is 17.1 Å². The highest BCUT2D eigenvalue weighted by Crippen LogP contribution is 2.34. The Bertz CT molecular complexity index is 1380. The largest absolute Gasteiger partial charge is 0.497 e. The van der Waals surface area contributed by atoms with E-state index >= 15 is 0 Å². The lowest BCUT2D eigenvalue weighted by atomic mass is 9.99. The number of carbonyl (C=O) groups is 1. The summed E-state index contributed by atoms with van der Waals surface area (Å²) in [6.45, 7) is 1.82. The van der Waals surface area contributed by atoms with Gasteiger partial charge >= 0.3 is 11.6 Å². The summed E-state index contributed by atoms with van der Waals surface area (Å²) >= 11 is 0. The van der Waals surface area contributed by atoms with E-state index < -0.39 is 11.6 Å². The van der Waals surface area contributed by atoms with Crippen molar-refractivity contribution in [3.63, 3.8) is 0 Å². The molecule has 0 spiro atoms. The van der Waals surface area contributed by atoms with Crippen molar-refractivity contribution < 1.29 is 28.2 Å². The van der Waals surface area contributed by atoms with Gasteiger partial charge in [-0.2, -0.15) is 0 Å². The number of hydrogen-bond acceptors (Lipinski definition) is 7. The molecule has 0 radical (unpaired) electrons. The van der Waals surface area contributed by atoms with Crippen molar-refractivity contribution in [3.8, 4) is 34.1 Å². The van der Waals surface area contributed by atoms with Crippen LogP contribution in [0, 0.1) is 6.92 Å². The second-order valence-corrected chi connectivity index (χ2v) is 7.24. The number of esters is 1. The fourth-order valence-corrected chi connectivity index (χ4v) is 3.61. The molecule has 4 rings (SSSR count). The Balaban J connectivity index is 1.73. The van der Waals surface area contributed by atoms with Crippen LogP contribution in [0.3, 0.4) is 0 Å². The third kappa shape index (κ3) is 4.25. The van der Waals surface area contributed by atoms with Crippen LogP contribution in [0.15, 0.2) is 69.9 Å². The molecule has 0 fully saturated rings. The summed E-state index contributed by atoms with van der Waals surface area (Å²) in [7, 11) is 4.63. The molecule has 0 amide bonds. The molecule has 0 aliphatic carbocycles. The molecule has 4 aromatic rings. The van der Waals surface area contributed by atoms with E-state index in [2.05, 4.69) is 0 Å². The molecule has 7 heteroatoms. The minimum atomic E-state index is -0.507. The van der Waals surface area contributed by atoms with Crippen LogP contribution in [0.1, 0.15) is 15.9 Å². The molecule has 33 heavy (non-hydrogen) atoms. The van der Waals surface area contributed by atoms with Gasteiger partial charge in [0.05, 0.1) is 32.5 Å². The van der Waals surface area contributed by atoms with Gasteiger partial charge in [-0.15, -0.1) is 0 Å². The average Bonchev–Trinajstić information content (AvgIpc) is 2.84. The Morgan fingerprint density at radius 1 is 0.788 bits per heavy atom. The summed E-state index contributed by atoms with van der Waals surface area (Å²) < 4.78 is 26.8. The van der Waals surface area contributed by atoms with E-state index in [-0.39, 0.29) is 0 Å². The number of carbonyl (C=O) groups excluding carboxylic acids is 1. The molecule has 1 aromatic heterocycles. The van der Waals surface area contributed by atoms with Gasteiger partial charge in [0.15, 0.2) is 11.5 Å². The first-order chi connectivity index (χ1) is 15.9. The maximum Gasteiger partial charge on any atom is 0.344 e. The first kappa shape index (κ1) is 22.0. The molecule has 168 valence electrons. The molecule has 0 saturated heterocycles. The summed E-state index contributed by atoms with van der Waals surface area (Å²) in [6, 6.07) is 16.7. The van der Waals surface area contributed by atoms with Crippen LogP contribution >= 0.6 is 0 Å². The lowest BCUT2D eigenvalue weighted by Crippen LogP contribution is -2.09. The number of benzene rings is 3. The standard InChI is InChI=1S/C26H22O7/c1-15-20-14-19(32-25(27)16-5-8-18(29-2)9-6-16)10-12-21(20)33-26(28)24(15)17-7-11-22(30-3)23(13-17)31-4/h5-14H,1-4H3. The average molecular weight is 446 g/mol. The summed E-state index contributed by atoms with van der Waals surface area (Å²) in [5.41, 5.74) is 2.01. The molecule has 1 heterocycles. The van der Waals surface area contributed by atoms with Crippen molar-refractivity contribution in [1.29, 1.82) is 0 Å². The highest BCUT2D eigenvalue weighted by Gasteiger charge is 2.17. The predicted molar refractivity (Wildman–Crippen MR) is 124 cm³/mol. The Hall–Kier alpha value is -4.26. The van der Waals surface area contributed by atoms with Crippen molar-refractivity contribution in [1.82, 2.24) is 0 Å². The Morgan fingerprint density at radius 2 is 1.48 bits per heavy atom. The van der Waals surface area contributed by atoms with E-state index in [4.69, 9.17) is 23.4 Å². The predicted octanol–water partition coefficient (Wildman–Crippen LogP) is 5.01. The SMILES string of the molecule is COc1ccc(C(=O)Oc2ccc3oc(=O)c(-c4ccc(OC)c(OC)c4)c(C)c3c2)cc1. The zero-order valence-corrected chi connectivity index (χ0v) is 18.6. The normalized spacial score (nSPS) is 10.7. The van der Waals surface area contributed by atoms with E-state index in [0.29, 0.717) is 56.2 Å². The monoisotopic (exact) mass is 446 g/mol. The number of aryl methyl sites for hydroxylation is 1. The molecule has 0 N–H and O–H groups in total. The molecule has 0 aliphatic heterocycles. The van der Waals surface area contributed by atoms with E-state index in [1.165, 1.54) is 7.11 Å². The second kappa shape index (κ2) is 9.08. The van der Waals surface area contributed by atoms with Gasteiger partial charge < -0.3 is 23.4 Å². The van der Waals surface area contributed by atoms with Gasteiger partial charge in [0, 0.05) is 5.39 Å². The summed E-state index contributed by atoms with van der Waals surface area (Å²) in [6.07, 6.45) is 0. The Morgan fingerprint density at radius 3 is 2.15 bits per heavy atom. The Labute approximate surface area is 190 Å². The van der Waals surface area contributed by atoms with Gasteiger partial charge in [0.25, 0.3) is 0 Å². The molecule has 0 atom stereocenters. The van der Waals surface area contributed by atoms with Crippen LogP contribution in [0.4, 0.5) is 0 Å². The quantitative estimate of drug-likeness (QED) is 0.234. The third-order valence-corrected chi connectivity index (χ3v) is 5.35. The van der Waals surface area contributed by atoms with Crippen LogP contribution < -0.4 is 24.6 Å². The Kier molecular flexibility index (Phi) is 6.04. The van der Waals surface area contributed by atoms with Gasteiger partial charge in [-0.05, 0) is 72.6 Å². The van der Waals surface area contributed by atoms with E-state index in [1.54, 1.807) is 74.9 Å². The third-order valence-electron chi connectivity index (χ3n) is 5.35. The van der Waals surface area contributed by atoms with Crippen molar-refractivity contribution in [2.75, 3.05) is 21.3 Å². The van der Waals surface area contributed by atoms with Gasteiger partial charge in [-0.3, -0.25) is 0 Å². The molecule has 7 nitrogen and oxygen atoms in total. The highest BCUT2D eigenvalue weighted by molar-refractivity contribution is 5.93. The van der Waals surface area contributed by atoms with Gasteiger partial charge in [0.2, 0.25) is 0 Å². The number of hydrogen-bond donors (Lipinski definition) is 0.